The Bertz CT molecular complexity index is 1480. The quantitative estimate of drug-likeness (QED) is 0.178. The van der Waals surface area contributed by atoms with Crippen molar-refractivity contribution in [1.29, 1.82) is 5.26 Å². The lowest BCUT2D eigenvalue weighted by Crippen LogP contribution is -2.37. The Morgan fingerprint density at radius 3 is 2.28 bits per heavy atom. The first-order chi connectivity index (χ1) is 18.4. The second-order valence-electron chi connectivity index (χ2n) is 8.44. The number of anilines is 4. The van der Waals surface area contributed by atoms with Crippen LogP contribution in [0, 0.1) is 21.4 Å². The number of carbonyl (C=O) groups is 3. The molecule has 200 valence electrons. The van der Waals surface area contributed by atoms with Gasteiger partial charge in [-0.1, -0.05) is 23.7 Å². The molecule has 0 saturated heterocycles. The number of carbonyl (C=O) groups excluding carboxylic acids is 3. The van der Waals surface area contributed by atoms with Crippen LogP contribution in [0.2, 0.25) is 5.02 Å². The van der Waals surface area contributed by atoms with Crippen molar-refractivity contribution >= 4 is 57.8 Å². The molecule has 39 heavy (non-hydrogen) atoms. The summed E-state index contributed by atoms with van der Waals surface area (Å²) in [6.45, 7) is 2.13. The molecule has 0 spiro atoms. The Labute approximate surface area is 228 Å². The van der Waals surface area contributed by atoms with Crippen LogP contribution in [0.5, 0.6) is 0 Å². The van der Waals surface area contributed by atoms with E-state index in [-0.39, 0.29) is 46.2 Å². The first kappa shape index (κ1) is 28.4. The molecule has 0 bridgehead atoms. The van der Waals surface area contributed by atoms with Crippen molar-refractivity contribution in [3.8, 4) is 6.07 Å². The first-order valence-corrected chi connectivity index (χ1v) is 11.8. The summed E-state index contributed by atoms with van der Waals surface area (Å²) >= 11 is 5.56. The fourth-order valence-corrected chi connectivity index (χ4v) is 3.92. The average molecular weight is 550 g/mol. The van der Waals surface area contributed by atoms with E-state index in [0.717, 1.165) is 17.8 Å². The molecule has 1 aliphatic heterocycles. The SMILES string of the molecule is CC(=O)Nc1cc(N(C)CCN2C(=O)c3ccccc3C2=O)ccc1N.N#Cc1cc([N+](=O)[O-])cc(Cl)c1N. The summed E-state index contributed by atoms with van der Waals surface area (Å²) in [4.78, 5) is 48.9. The third-order valence-electron chi connectivity index (χ3n) is 5.77. The number of hydrogen-bond acceptors (Lipinski definition) is 9. The highest BCUT2D eigenvalue weighted by Gasteiger charge is 2.34. The van der Waals surface area contributed by atoms with E-state index in [0.29, 0.717) is 29.0 Å². The van der Waals surface area contributed by atoms with Crippen LogP contribution in [0.25, 0.3) is 0 Å². The fraction of sp³-hybridized carbons (Fsp3) is 0.154. The van der Waals surface area contributed by atoms with Gasteiger partial charge in [-0.15, -0.1) is 0 Å². The van der Waals surface area contributed by atoms with E-state index in [1.807, 2.05) is 18.0 Å². The minimum atomic E-state index is -0.633. The Kier molecular flexibility index (Phi) is 8.69. The van der Waals surface area contributed by atoms with Crippen molar-refractivity contribution in [2.75, 3.05) is 41.8 Å². The van der Waals surface area contributed by atoms with Gasteiger partial charge in [0.2, 0.25) is 5.91 Å². The Balaban J connectivity index is 0.000000272. The normalized spacial score (nSPS) is 11.7. The number of nitrogens with one attached hydrogen (secondary N) is 1. The summed E-state index contributed by atoms with van der Waals surface area (Å²) in [5.41, 5.74) is 13.8. The summed E-state index contributed by atoms with van der Waals surface area (Å²) in [6, 6.07) is 16.0. The number of rotatable bonds is 6. The monoisotopic (exact) mass is 549 g/mol. The lowest BCUT2D eigenvalue weighted by molar-refractivity contribution is -0.384. The lowest BCUT2D eigenvalue weighted by Gasteiger charge is -2.23. The van der Waals surface area contributed by atoms with Crippen molar-refractivity contribution in [2.24, 2.45) is 0 Å². The zero-order valence-electron chi connectivity index (χ0n) is 21.0. The van der Waals surface area contributed by atoms with E-state index in [4.69, 9.17) is 28.3 Å². The van der Waals surface area contributed by atoms with Crippen molar-refractivity contribution in [2.45, 2.75) is 6.92 Å². The van der Waals surface area contributed by atoms with E-state index in [2.05, 4.69) is 5.32 Å². The summed E-state index contributed by atoms with van der Waals surface area (Å²) in [5.74, 6) is -0.743. The summed E-state index contributed by atoms with van der Waals surface area (Å²) in [7, 11) is 1.85. The molecule has 0 saturated carbocycles. The first-order valence-electron chi connectivity index (χ1n) is 11.4. The molecular formula is C26H24ClN7O5. The predicted octanol–water partition coefficient (Wildman–Crippen LogP) is 3.66. The van der Waals surface area contributed by atoms with Gasteiger partial charge in [0.05, 0.1) is 43.7 Å². The van der Waals surface area contributed by atoms with Crippen LogP contribution in [0.1, 0.15) is 33.2 Å². The zero-order valence-corrected chi connectivity index (χ0v) is 21.7. The second-order valence-corrected chi connectivity index (χ2v) is 8.85. The smallest absolute Gasteiger partial charge is 0.272 e. The number of halogens is 1. The van der Waals surface area contributed by atoms with E-state index in [9.17, 15) is 24.5 Å². The van der Waals surface area contributed by atoms with E-state index in [1.165, 1.54) is 11.8 Å². The van der Waals surface area contributed by atoms with Gasteiger partial charge in [-0.2, -0.15) is 5.26 Å². The van der Waals surface area contributed by atoms with Gasteiger partial charge in [0.1, 0.15) is 6.07 Å². The molecule has 0 fully saturated rings. The Morgan fingerprint density at radius 1 is 1.13 bits per heavy atom. The molecule has 0 radical (unpaired) electrons. The average Bonchev–Trinajstić information content (AvgIpc) is 3.14. The Morgan fingerprint density at radius 2 is 1.74 bits per heavy atom. The molecule has 0 aliphatic carbocycles. The number of benzene rings is 3. The number of likely N-dealkylation sites (N-methyl/N-ethyl adjacent to an activating group) is 1. The van der Waals surface area contributed by atoms with Crippen LogP contribution in [0.3, 0.4) is 0 Å². The highest BCUT2D eigenvalue weighted by molar-refractivity contribution is 6.33. The minimum Gasteiger partial charge on any atom is -0.397 e. The molecule has 3 aromatic rings. The van der Waals surface area contributed by atoms with Gasteiger partial charge < -0.3 is 21.7 Å². The van der Waals surface area contributed by atoms with Gasteiger partial charge in [-0.05, 0) is 30.3 Å². The number of nitrogen functional groups attached to an aromatic ring is 2. The summed E-state index contributed by atoms with van der Waals surface area (Å²) < 4.78 is 0. The van der Waals surface area contributed by atoms with Gasteiger partial charge in [0.15, 0.2) is 0 Å². The number of nitro groups is 1. The van der Waals surface area contributed by atoms with Gasteiger partial charge >= 0.3 is 0 Å². The molecular weight excluding hydrogens is 526 g/mol. The number of imide groups is 1. The maximum atomic E-state index is 12.4. The molecule has 12 nitrogen and oxygen atoms in total. The van der Waals surface area contributed by atoms with Crippen LogP contribution in [0.4, 0.5) is 28.4 Å². The molecule has 1 heterocycles. The van der Waals surface area contributed by atoms with Crippen LogP contribution in [-0.2, 0) is 4.79 Å². The van der Waals surface area contributed by atoms with Crippen molar-refractivity contribution in [3.63, 3.8) is 0 Å². The van der Waals surface area contributed by atoms with Crippen molar-refractivity contribution in [3.05, 3.63) is 86.4 Å². The number of amides is 3. The number of nitro benzene ring substituents is 1. The van der Waals surface area contributed by atoms with Crippen molar-refractivity contribution < 1.29 is 19.3 Å². The molecule has 3 amide bonds. The van der Waals surface area contributed by atoms with Crippen LogP contribution in [-0.4, -0.2) is 47.7 Å². The van der Waals surface area contributed by atoms with Crippen molar-refractivity contribution in [1.82, 2.24) is 4.90 Å². The maximum Gasteiger partial charge on any atom is 0.272 e. The highest BCUT2D eigenvalue weighted by Crippen LogP contribution is 2.28. The van der Waals surface area contributed by atoms with Gasteiger partial charge in [-0.3, -0.25) is 29.4 Å². The molecule has 1 aliphatic rings. The molecule has 5 N–H and O–H groups in total. The third kappa shape index (κ3) is 6.41. The number of fused-ring (bicyclic) bond motifs is 1. The van der Waals surface area contributed by atoms with E-state index in [1.54, 1.807) is 42.5 Å². The number of nitriles is 1. The molecule has 0 atom stereocenters. The molecule has 13 heteroatoms. The number of nitrogens with two attached hydrogens (primary N) is 2. The predicted molar refractivity (Wildman–Crippen MR) is 147 cm³/mol. The van der Waals surface area contributed by atoms with Gasteiger partial charge in [0, 0.05) is 44.9 Å². The van der Waals surface area contributed by atoms with Gasteiger partial charge in [0.25, 0.3) is 17.5 Å². The third-order valence-corrected chi connectivity index (χ3v) is 6.08. The maximum absolute atomic E-state index is 12.4. The van der Waals surface area contributed by atoms with Gasteiger partial charge in [-0.25, -0.2) is 0 Å². The number of non-ortho nitro benzene ring substituents is 1. The second kappa shape index (κ2) is 11.9. The highest BCUT2D eigenvalue weighted by atomic mass is 35.5. The topological polar surface area (TPSA) is 189 Å². The van der Waals surface area contributed by atoms with E-state index >= 15 is 0 Å². The molecule has 0 aromatic heterocycles. The summed E-state index contributed by atoms with van der Waals surface area (Å²) in [6.07, 6.45) is 0. The standard InChI is InChI=1S/C19H20N4O3.C7H4ClN3O2/c1-12(24)21-17-11-13(7-8-16(17)20)22(2)9-10-23-18(25)14-5-3-4-6-15(14)19(23)26;8-6-2-5(11(12)13)1-4(3-9)7(6)10/h3-8,11H,9-10,20H2,1-2H3,(H,21,24);1-2H,10H2. The molecule has 0 unspecified atom stereocenters. The lowest BCUT2D eigenvalue weighted by atomic mass is 10.1. The number of nitrogens with zero attached hydrogens (tertiary/aromatic N) is 4. The number of hydrogen-bond donors (Lipinski definition) is 3. The minimum absolute atomic E-state index is 0.0131. The fourth-order valence-electron chi connectivity index (χ4n) is 3.70. The zero-order chi connectivity index (χ0) is 28.9. The Hall–Kier alpha value is -5.15. The largest absolute Gasteiger partial charge is 0.397 e. The van der Waals surface area contributed by atoms with Crippen LogP contribution in [0.15, 0.2) is 54.6 Å². The summed E-state index contributed by atoms with van der Waals surface area (Å²) in [5, 5.41) is 21.6. The van der Waals surface area contributed by atoms with E-state index < -0.39 is 4.92 Å². The molecule has 4 rings (SSSR count). The van der Waals surface area contributed by atoms with Crippen LogP contribution < -0.4 is 21.7 Å². The molecule has 3 aromatic carbocycles. The van der Waals surface area contributed by atoms with Crippen LogP contribution >= 0.6 is 11.6 Å².